The Kier molecular flexibility index (Phi) is 5.95. The molecular weight excluding hydrogens is 236 g/mol. The molecule has 0 spiro atoms. The van der Waals surface area contributed by atoms with Crippen molar-refractivity contribution >= 4 is 11.9 Å². The van der Waals surface area contributed by atoms with Crippen LogP contribution in [0.4, 0.5) is 0 Å². The van der Waals surface area contributed by atoms with Gasteiger partial charge in [-0.15, -0.1) is 0 Å². The summed E-state index contributed by atoms with van der Waals surface area (Å²) < 4.78 is 0. The fourth-order valence-corrected chi connectivity index (χ4v) is 1.78. The first kappa shape index (κ1) is 16.0. The van der Waals surface area contributed by atoms with Crippen molar-refractivity contribution in [2.75, 3.05) is 0 Å². The number of carboxylic acid groups (broad SMARTS) is 2. The van der Waals surface area contributed by atoms with Crippen LogP contribution in [0.15, 0.2) is 22.5 Å². The fraction of sp³-hybridized carbons (Fsp3) is 0.500. The van der Waals surface area contributed by atoms with E-state index in [2.05, 4.69) is 0 Å². The Labute approximate surface area is 106 Å². The van der Waals surface area contributed by atoms with Crippen molar-refractivity contribution in [3.05, 3.63) is 22.5 Å². The third-order valence-corrected chi connectivity index (χ3v) is 2.74. The van der Waals surface area contributed by atoms with Gasteiger partial charge in [0.15, 0.2) is 0 Å². The quantitative estimate of drug-likeness (QED) is 0.526. The molecule has 0 aliphatic heterocycles. The van der Waals surface area contributed by atoms with E-state index in [4.69, 9.17) is 21.7 Å². The summed E-state index contributed by atoms with van der Waals surface area (Å²) in [7, 11) is 0. The smallest absolute Gasteiger partial charge is 0.333 e. The highest BCUT2D eigenvalue weighted by atomic mass is 16.4. The number of hydrogen-bond acceptors (Lipinski definition) is 4. The maximum Gasteiger partial charge on any atom is 0.333 e. The maximum absolute atomic E-state index is 11.1. The first-order chi connectivity index (χ1) is 8.22. The number of allylic oxidation sites excluding steroid dienone is 2. The molecule has 0 bridgehead atoms. The molecule has 0 saturated heterocycles. The maximum atomic E-state index is 11.1. The van der Waals surface area contributed by atoms with Crippen LogP contribution in [0.1, 0.15) is 33.6 Å². The van der Waals surface area contributed by atoms with Gasteiger partial charge >= 0.3 is 11.9 Å². The summed E-state index contributed by atoms with van der Waals surface area (Å²) >= 11 is 0. The van der Waals surface area contributed by atoms with Gasteiger partial charge in [-0.1, -0.05) is 6.92 Å². The van der Waals surface area contributed by atoms with Gasteiger partial charge in [-0.3, -0.25) is 0 Å². The van der Waals surface area contributed by atoms with Gasteiger partial charge in [0.25, 0.3) is 0 Å². The molecule has 0 aromatic carbocycles. The molecule has 0 amide bonds. The Bertz CT molecular complexity index is 402. The third-order valence-electron chi connectivity index (χ3n) is 2.74. The van der Waals surface area contributed by atoms with E-state index in [1.165, 1.54) is 13.8 Å². The minimum absolute atomic E-state index is 0.0295. The van der Waals surface area contributed by atoms with Crippen LogP contribution in [-0.4, -0.2) is 22.2 Å². The zero-order valence-electron chi connectivity index (χ0n) is 10.9. The number of aliphatic carboxylic acids is 2. The third kappa shape index (κ3) is 4.12. The van der Waals surface area contributed by atoms with Crippen LogP contribution in [0.25, 0.3) is 0 Å². The highest BCUT2D eigenvalue weighted by molar-refractivity contribution is 5.90. The highest BCUT2D eigenvalue weighted by Gasteiger charge is 2.24. The number of rotatable bonds is 6. The van der Waals surface area contributed by atoms with Crippen LogP contribution in [0.5, 0.6) is 0 Å². The Balaban J connectivity index is 5.38. The predicted molar refractivity (Wildman–Crippen MR) is 67.4 cm³/mol. The molecule has 0 aliphatic rings. The Morgan fingerprint density at radius 2 is 1.56 bits per heavy atom. The minimum Gasteiger partial charge on any atom is -0.478 e. The largest absolute Gasteiger partial charge is 0.478 e. The summed E-state index contributed by atoms with van der Waals surface area (Å²) in [4.78, 5) is 22.2. The first-order valence-electron chi connectivity index (χ1n) is 5.60. The average molecular weight is 256 g/mol. The normalized spacial score (nSPS) is 15.5. The van der Waals surface area contributed by atoms with Crippen LogP contribution in [0, 0.1) is 5.92 Å². The zero-order valence-corrected chi connectivity index (χ0v) is 10.9. The second kappa shape index (κ2) is 6.68. The van der Waals surface area contributed by atoms with Gasteiger partial charge in [0.05, 0.1) is 11.1 Å². The second-order valence-electron chi connectivity index (χ2n) is 4.18. The Morgan fingerprint density at radius 3 is 1.78 bits per heavy atom. The molecular formula is C12H20N2O4. The molecule has 0 aromatic heterocycles. The van der Waals surface area contributed by atoms with Crippen molar-refractivity contribution in [3.8, 4) is 0 Å². The van der Waals surface area contributed by atoms with E-state index in [-0.39, 0.29) is 29.0 Å². The van der Waals surface area contributed by atoms with Crippen LogP contribution in [0.3, 0.4) is 0 Å². The number of carbonyl (C=O) groups is 2. The van der Waals surface area contributed by atoms with E-state index < -0.39 is 17.9 Å². The first-order valence-corrected chi connectivity index (χ1v) is 5.60. The lowest BCUT2D eigenvalue weighted by Gasteiger charge is -2.18. The molecule has 6 nitrogen and oxygen atoms in total. The summed E-state index contributed by atoms with van der Waals surface area (Å²) in [6.45, 7) is 4.75. The number of nitrogens with two attached hydrogens (primary N) is 2. The molecule has 0 aliphatic carbocycles. The monoisotopic (exact) mass is 256 g/mol. The van der Waals surface area contributed by atoms with Gasteiger partial charge in [0, 0.05) is 11.4 Å². The Morgan fingerprint density at radius 1 is 1.06 bits per heavy atom. The summed E-state index contributed by atoms with van der Waals surface area (Å²) in [6.07, 6.45) is 0.532. The van der Waals surface area contributed by atoms with Crippen LogP contribution in [-0.2, 0) is 9.59 Å². The molecule has 0 rings (SSSR count). The fourth-order valence-electron chi connectivity index (χ4n) is 1.78. The molecule has 1 atom stereocenters. The average Bonchev–Trinajstić information content (AvgIpc) is 2.21. The SMILES string of the molecule is CCC(CC(C(=O)O)=C(C)N)C(C(=O)O)=C(C)N. The lowest BCUT2D eigenvalue weighted by atomic mass is 9.87. The van der Waals surface area contributed by atoms with E-state index in [1.54, 1.807) is 6.92 Å². The van der Waals surface area contributed by atoms with Crippen molar-refractivity contribution in [1.29, 1.82) is 0 Å². The van der Waals surface area contributed by atoms with Crippen molar-refractivity contribution in [3.63, 3.8) is 0 Å². The van der Waals surface area contributed by atoms with Crippen molar-refractivity contribution in [2.45, 2.75) is 33.6 Å². The van der Waals surface area contributed by atoms with Gasteiger partial charge in [0.2, 0.25) is 0 Å². The van der Waals surface area contributed by atoms with Gasteiger partial charge in [-0.25, -0.2) is 9.59 Å². The van der Waals surface area contributed by atoms with Crippen LogP contribution >= 0.6 is 0 Å². The molecule has 6 heteroatoms. The molecule has 102 valence electrons. The molecule has 0 heterocycles. The summed E-state index contributed by atoms with van der Waals surface area (Å²) in [5.74, 6) is -2.72. The standard InChI is InChI=1S/C12H20N2O4/c1-4-8(10(7(3)14)12(17)18)5-9(6(2)13)11(15)16/h8H,4-5,13-14H2,1-3H3,(H,15,16)(H,17,18). The van der Waals surface area contributed by atoms with Gasteiger partial charge in [-0.05, 0) is 32.6 Å². The van der Waals surface area contributed by atoms with Crippen molar-refractivity contribution < 1.29 is 19.8 Å². The molecule has 18 heavy (non-hydrogen) atoms. The number of hydrogen-bond donors (Lipinski definition) is 4. The van der Waals surface area contributed by atoms with Crippen molar-refractivity contribution in [2.24, 2.45) is 17.4 Å². The molecule has 6 N–H and O–H groups in total. The lowest BCUT2D eigenvalue weighted by Crippen LogP contribution is -2.20. The molecule has 0 saturated carbocycles. The summed E-state index contributed by atoms with van der Waals surface area (Å²) in [5.41, 5.74) is 11.5. The van der Waals surface area contributed by atoms with E-state index in [1.807, 2.05) is 0 Å². The predicted octanol–water partition coefficient (Wildman–Crippen LogP) is 1.04. The van der Waals surface area contributed by atoms with Crippen LogP contribution < -0.4 is 11.5 Å². The Hall–Kier alpha value is -1.98. The van der Waals surface area contributed by atoms with E-state index in [0.717, 1.165) is 0 Å². The lowest BCUT2D eigenvalue weighted by molar-refractivity contribution is -0.135. The van der Waals surface area contributed by atoms with E-state index in [9.17, 15) is 9.59 Å². The highest BCUT2D eigenvalue weighted by Crippen LogP contribution is 2.26. The summed E-state index contributed by atoms with van der Waals surface area (Å²) in [5, 5.41) is 18.1. The molecule has 0 aromatic rings. The molecule has 0 radical (unpaired) electrons. The topological polar surface area (TPSA) is 127 Å². The second-order valence-corrected chi connectivity index (χ2v) is 4.18. The molecule has 0 fully saturated rings. The van der Waals surface area contributed by atoms with E-state index in [0.29, 0.717) is 6.42 Å². The van der Waals surface area contributed by atoms with E-state index >= 15 is 0 Å². The molecule has 1 unspecified atom stereocenters. The van der Waals surface area contributed by atoms with Gasteiger partial charge in [0.1, 0.15) is 0 Å². The number of carboxylic acids is 2. The van der Waals surface area contributed by atoms with Gasteiger partial charge < -0.3 is 21.7 Å². The van der Waals surface area contributed by atoms with Gasteiger partial charge in [-0.2, -0.15) is 0 Å². The summed E-state index contributed by atoms with van der Waals surface area (Å²) in [6, 6.07) is 0. The van der Waals surface area contributed by atoms with Crippen LogP contribution in [0.2, 0.25) is 0 Å². The van der Waals surface area contributed by atoms with Crippen molar-refractivity contribution in [1.82, 2.24) is 0 Å². The minimum atomic E-state index is -1.13. The zero-order chi connectivity index (χ0) is 14.5.